The Hall–Kier alpha value is -1.50. The lowest BCUT2D eigenvalue weighted by Crippen LogP contribution is -1.95. The van der Waals surface area contributed by atoms with Gasteiger partial charge in [-0.2, -0.15) is 5.26 Å². The molecule has 17 heavy (non-hydrogen) atoms. The molecule has 1 aromatic heterocycles. The van der Waals surface area contributed by atoms with Crippen molar-refractivity contribution in [3.8, 4) is 11.8 Å². The Bertz CT molecular complexity index is 571. The van der Waals surface area contributed by atoms with Gasteiger partial charge < -0.3 is 4.74 Å². The van der Waals surface area contributed by atoms with Gasteiger partial charge in [0.1, 0.15) is 12.4 Å². The fourth-order valence-corrected chi connectivity index (χ4v) is 2.40. The number of nitriles is 1. The van der Waals surface area contributed by atoms with Gasteiger partial charge in [0.25, 0.3) is 0 Å². The quantitative estimate of drug-likeness (QED) is 0.833. The maximum atomic E-state index is 8.82. The van der Waals surface area contributed by atoms with Crippen LogP contribution in [0.5, 0.6) is 5.75 Å². The van der Waals surface area contributed by atoms with Gasteiger partial charge in [0.2, 0.25) is 0 Å². The summed E-state index contributed by atoms with van der Waals surface area (Å²) in [6.45, 7) is 2.44. The van der Waals surface area contributed by atoms with E-state index in [1.54, 1.807) is 12.1 Å². The van der Waals surface area contributed by atoms with Gasteiger partial charge in [-0.1, -0.05) is 17.7 Å². The largest absolute Gasteiger partial charge is 0.488 e. The molecule has 2 nitrogen and oxygen atoms in total. The third-order valence-corrected chi connectivity index (χ3v) is 3.52. The topological polar surface area (TPSA) is 33.0 Å². The highest BCUT2D eigenvalue weighted by Gasteiger charge is 2.03. The third kappa shape index (κ3) is 3.00. The molecule has 1 aromatic carbocycles. The summed E-state index contributed by atoms with van der Waals surface area (Å²) >= 11 is 7.34. The van der Waals surface area contributed by atoms with Gasteiger partial charge in [-0.05, 0) is 36.8 Å². The Kier molecular flexibility index (Phi) is 3.68. The lowest BCUT2D eigenvalue weighted by molar-refractivity contribution is 0.307. The summed E-state index contributed by atoms with van der Waals surface area (Å²) in [4.78, 5) is 1.07. The average Bonchev–Trinajstić information content (AvgIpc) is 2.74. The highest BCUT2D eigenvalue weighted by molar-refractivity contribution is 7.16. The number of benzene rings is 1. The molecule has 2 rings (SSSR count). The summed E-state index contributed by atoms with van der Waals surface area (Å²) < 4.78 is 6.43. The van der Waals surface area contributed by atoms with Crippen LogP contribution in [0.1, 0.15) is 16.0 Å². The fraction of sp³-hybridized carbons (Fsp3) is 0.154. The first-order chi connectivity index (χ1) is 8.19. The summed E-state index contributed by atoms with van der Waals surface area (Å²) in [6.07, 6.45) is 0. The molecule has 1 heterocycles. The van der Waals surface area contributed by atoms with Crippen LogP contribution in [0.25, 0.3) is 0 Å². The number of ether oxygens (including phenoxy) is 1. The first kappa shape index (κ1) is 12.0. The summed E-state index contributed by atoms with van der Waals surface area (Å²) in [5.41, 5.74) is 1.63. The Morgan fingerprint density at radius 3 is 2.82 bits per heavy atom. The zero-order chi connectivity index (χ0) is 12.3. The number of hydrogen-bond acceptors (Lipinski definition) is 3. The molecule has 0 N–H and O–H groups in total. The first-order valence-electron chi connectivity index (χ1n) is 5.07. The van der Waals surface area contributed by atoms with Crippen molar-refractivity contribution in [2.24, 2.45) is 0 Å². The van der Waals surface area contributed by atoms with Crippen LogP contribution in [0.4, 0.5) is 0 Å². The minimum atomic E-state index is 0.479. The van der Waals surface area contributed by atoms with E-state index in [0.717, 1.165) is 20.5 Å². The zero-order valence-corrected chi connectivity index (χ0v) is 10.8. The highest BCUT2D eigenvalue weighted by atomic mass is 35.5. The molecule has 0 radical (unpaired) electrons. The summed E-state index contributed by atoms with van der Waals surface area (Å²) in [5.74, 6) is 0.744. The van der Waals surface area contributed by atoms with Crippen LogP contribution in [-0.2, 0) is 6.61 Å². The third-order valence-electron chi connectivity index (χ3n) is 2.32. The van der Waals surface area contributed by atoms with Crippen LogP contribution in [-0.4, -0.2) is 0 Å². The Morgan fingerprint density at radius 1 is 1.35 bits per heavy atom. The van der Waals surface area contributed by atoms with E-state index in [4.69, 9.17) is 21.6 Å². The highest BCUT2D eigenvalue weighted by Crippen LogP contribution is 2.25. The molecular formula is C13H10ClNOS. The molecule has 0 aliphatic rings. The number of aryl methyl sites for hydroxylation is 1. The van der Waals surface area contributed by atoms with Crippen molar-refractivity contribution in [3.05, 3.63) is 50.7 Å². The molecule has 0 aliphatic heterocycles. The van der Waals surface area contributed by atoms with Crippen molar-refractivity contribution >= 4 is 22.9 Å². The first-order valence-corrected chi connectivity index (χ1v) is 6.26. The van der Waals surface area contributed by atoms with Gasteiger partial charge >= 0.3 is 0 Å². The number of hydrogen-bond donors (Lipinski definition) is 0. The van der Waals surface area contributed by atoms with Gasteiger partial charge in [-0.25, -0.2) is 0 Å². The van der Waals surface area contributed by atoms with Crippen LogP contribution in [0, 0.1) is 18.3 Å². The molecule has 0 atom stereocenters. The maximum absolute atomic E-state index is 8.82. The van der Waals surface area contributed by atoms with E-state index in [1.165, 1.54) is 11.3 Å². The number of halogens is 1. The molecule has 4 heteroatoms. The molecular weight excluding hydrogens is 254 g/mol. The predicted molar refractivity (Wildman–Crippen MR) is 69.6 cm³/mol. The normalized spacial score (nSPS) is 9.94. The minimum absolute atomic E-state index is 0.479. The second-order valence-corrected chi connectivity index (χ2v) is 5.39. The van der Waals surface area contributed by atoms with Crippen LogP contribution in [0.15, 0.2) is 30.3 Å². The van der Waals surface area contributed by atoms with Crippen LogP contribution < -0.4 is 4.74 Å². The van der Waals surface area contributed by atoms with E-state index in [2.05, 4.69) is 6.07 Å². The van der Waals surface area contributed by atoms with Gasteiger partial charge in [0, 0.05) is 4.88 Å². The predicted octanol–water partition coefficient (Wildman–Crippen LogP) is 4.16. The Balaban J connectivity index is 2.11. The summed E-state index contributed by atoms with van der Waals surface area (Å²) in [5, 5.41) is 8.82. The number of thiophene rings is 1. The lowest BCUT2D eigenvalue weighted by Gasteiger charge is -2.07. The average molecular weight is 264 g/mol. The second kappa shape index (κ2) is 5.22. The van der Waals surface area contributed by atoms with E-state index in [-0.39, 0.29) is 0 Å². The zero-order valence-electron chi connectivity index (χ0n) is 9.24. The second-order valence-electron chi connectivity index (χ2n) is 3.59. The standard InChI is InChI=1S/C13H10ClNOS/c1-9-2-3-10(7-15)6-12(9)16-8-11-4-5-13(14)17-11/h2-6H,8H2,1H3. The molecule has 0 bridgehead atoms. The lowest BCUT2D eigenvalue weighted by atomic mass is 10.1. The van der Waals surface area contributed by atoms with Gasteiger partial charge in [-0.3, -0.25) is 0 Å². The van der Waals surface area contributed by atoms with Gasteiger partial charge in [0.15, 0.2) is 0 Å². The van der Waals surface area contributed by atoms with E-state index in [0.29, 0.717) is 12.2 Å². The monoisotopic (exact) mass is 263 g/mol. The molecule has 0 saturated carbocycles. The van der Waals surface area contributed by atoms with Crippen molar-refractivity contribution in [2.45, 2.75) is 13.5 Å². The van der Waals surface area contributed by atoms with Crippen LogP contribution in [0.2, 0.25) is 4.34 Å². The molecule has 2 aromatic rings. The van der Waals surface area contributed by atoms with E-state index in [9.17, 15) is 0 Å². The molecule has 0 aliphatic carbocycles. The smallest absolute Gasteiger partial charge is 0.124 e. The van der Waals surface area contributed by atoms with Crippen molar-refractivity contribution in [3.63, 3.8) is 0 Å². The summed E-state index contributed by atoms with van der Waals surface area (Å²) in [7, 11) is 0. The van der Waals surface area contributed by atoms with Gasteiger partial charge in [0.05, 0.1) is 16.0 Å². The molecule has 0 fully saturated rings. The molecule has 0 unspecified atom stereocenters. The van der Waals surface area contributed by atoms with Crippen molar-refractivity contribution in [1.29, 1.82) is 5.26 Å². The van der Waals surface area contributed by atoms with E-state index < -0.39 is 0 Å². The molecule has 86 valence electrons. The SMILES string of the molecule is Cc1ccc(C#N)cc1OCc1ccc(Cl)s1. The van der Waals surface area contributed by atoms with Crippen molar-refractivity contribution in [1.82, 2.24) is 0 Å². The van der Waals surface area contributed by atoms with E-state index >= 15 is 0 Å². The van der Waals surface area contributed by atoms with E-state index in [1.807, 2.05) is 25.1 Å². The molecule has 0 amide bonds. The Labute approximate surface area is 109 Å². The van der Waals surface area contributed by atoms with Crippen molar-refractivity contribution in [2.75, 3.05) is 0 Å². The fourth-order valence-electron chi connectivity index (χ4n) is 1.40. The minimum Gasteiger partial charge on any atom is -0.488 e. The summed E-state index contributed by atoms with van der Waals surface area (Å²) in [6, 6.07) is 11.3. The number of nitrogens with zero attached hydrogens (tertiary/aromatic N) is 1. The van der Waals surface area contributed by atoms with Crippen LogP contribution >= 0.6 is 22.9 Å². The Morgan fingerprint density at radius 2 is 2.18 bits per heavy atom. The van der Waals surface area contributed by atoms with Crippen molar-refractivity contribution < 1.29 is 4.74 Å². The molecule has 0 spiro atoms. The van der Waals surface area contributed by atoms with Crippen LogP contribution in [0.3, 0.4) is 0 Å². The molecule has 0 saturated heterocycles. The van der Waals surface area contributed by atoms with Gasteiger partial charge in [-0.15, -0.1) is 11.3 Å². The number of rotatable bonds is 3. The maximum Gasteiger partial charge on any atom is 0.124 e.